The van der Waals surface area contributed by atoms with E-state index >= 15 is 0 Å². The monoisotopic (exact) mass is 587 g/mol. The summed E-state index contributed by atoms with van der Waals surface area (Å²) in [5, 5.41) is 0.563. The van der Waals surface area contributed by atoms with Gasteiger partial charge in [-0.15, -0.1) is 0 Å². The van der Waals surface area contributed by atoms with Crippen molar-refractivity contribution < 1.29 is 19.1 Å². The predicted octanol–water partition coefficient (Wildman–Crippen LogP) is 7.79. The SMILES string of the molecule is COc1cccc(C(=O)[C@@H]2[C@@H](c3ccc(C(C)C)cc3)C3(C(=O)c4ccccc4C3=O)[C@@H]3C=Cc4cc(Cl)ccc4N23)c1. The summed E-state index contributed by atoms with van der Waals surface area (Å²) in [5.74, 6) is -0.597. The molecule has 7 rings (SSSR count). The Morgan fingerprint density at radius 1 is 0.884 bits per heavy atom. The summed E-state index contributed by atoms with van der Waals surface area (Å²) >= 11 is 6.40. The Kier molecular flexibility index (Phi) is 6.40. The highest BCUT2D eigenvalue weighted by molar-refractivity contribution is 6.32. The fourth-order valence-corrected chi connectivity index (χ4v) is 7.54. The lowest BCUT2D eigenvalue weighted by Gasteiger charge is -2.37. The quantitative estimate of drug-likeness (QED) is 0.176. The summed E-state index contributed by atoms with van der Waals surface area (Å²) < 4.78 is 5.46. The number of methoxy groups -OCH3 is 1. The summed E-state index contributed by atoms with van der Waals surface area (Å²) in [4.78, 5) is 46.4. The lowest BCUT2D eigenvalue weighted by molar-refractivity contribution is 0.0666. The number of nitrogens with zero attached hydrogens (tertiary/aromatic N) is 1. The number of hydrogen-bond acceptors (Lipinski definition) is 5. The Labute approximate surface area is 255 Å². The summed E-state index contributed by atoms with van der Waals surface area (Å²) in [5.41, 5.74) is 3.21. The number of fused-ring (bicyclic) bond motifs is 5. The minimum Gasteiger partial charge on any atom is -0.497 e. The molecule has 1 saturated heterocycles. The minimum atomic E-state index is -1.55. The predicted molar refractivity (Wildman–Crippen MR) is 169 cm³/mol. The van der Waals surface area contributed by atoms with Crippen molar-refractivity contribution in [1.29, 1.82) is 0 Å². The lowest BCUT2D eigenvalue weighted by Crippen LogP contribution is -2.48. The van der Waals surface area contributed by atoms with Crippen molar-refractivity contribution in [3.63, 3.8) is 0 Å². The standard InChI is InChI=1S/C37H30ClNO4/c1-21(2)22-11-13-23(14-12-22)32-33(34(40)25-7-6-8-27(20-25)43-3)39-30-17-16-26(38)19-24(30)15-18-31(39)37(32)35(41)28-9-4-5-10-29(28)36(37)42/h4-21,31-33H,1-3H3/t31-,32+,33-/m0/s1. The van der Waals surface area contributed by atoms with Crippen molar-refractivity contribution in [3.05, 3.63) is 135 Å². The Bertz CT molecular complexity index is 1800. The number of halogens is 1. The number of ether oxygens (including phenoxy) is 1. The number of carbonyl (C=O) groups excluding carboxylic acids is 3. The van der Waals surface area contributed by atoms with Crippen molar-refractivity contribution in [3.8, 4) is 5.75 Å². The molecule has 2 aliphatic heterocycles. The van der Waals surface area contributed by atoms with Gasteiger partial charge in [0.25, 0.3) is 0 Å². The molecule has 1 fully saturated rings. The zero-order valence-electron chi connectivity index (χ0n) is 24.1. The summed E-state index contributed by atoms with van der Waals surface area (Å²) in [6.45, 7) is 4.24. The van der Waals surface area contributed by atoms with E-state index in [4.69, 9.17) is 16.3 Å². The van der Waals surface area contributed by atoms with Crippen LogP contribution in [-0.2, 0) is 0 Å². The van der Waals surface area contributed by atoms with Gasteiger partial charge in [-0.05, 0) is 52.9 Å². The highest BCUT2D eigenvalue weighted by Gasteiger charge is 2.71. The van der Waals surface area contributed by atoms with Crippen LogP contribution in [0.15, 0.2) is 97.1 Å². The zero-order chi connectivity index (χ0) is 30.0. The van der Waals surface area contributed by atoms with Crippen molar-refractivity contribution in [1.82, 2.24) is 0 Å². The van der Waals surface area contributed by atoms with Crippen LogP contribution in [0.4, 0.5) is 5.69 Å². The molecule has 2 heterocycles. The van der Waals surface area contributed by atoms with E-state index in [0.29, 0.717) is 33.4 Å². The van der Waals surface area contributed by atoms with Gasteiger partial charge in [0, 0.05) is 33.3 Å². The second-order valence-electron chi connectivity index (χ2n) is 11.8. The maximum atomic E-state index is 14.9. The number of rotatable bonds is 5. The van der Waals surface area contributed by atoms with Gasteiger partial charge in [0.2, 0.25) is 0 Å². The second kappa shape index (κ2) is 10.1. The Morgan fingerprint density at radius 2 is 1.58 bits per heavy atom. The molecule has 0 bridgehead atoms. The van der Waals surface area contributed by atoms with Gasteiger partial charge >= 0.3 is 0 Å². The average Bonchev–Trinajstić information content (AvgIpc) is 3.46. The third kappa shape index (κ3) is 3.88. The molecule has 0 aromatic heterocycles. The van der Waals surface area contributed by atoms with E-state index in [2.05, 4.69) is 13.8 Å². The molecule has 3 atom stereocenters. The largest absolute Gasteiger partial charge is 0.497 e. The molecule has 43 heavy (non-hydrogen) atoms. The Hall–Kier alpha value is -4.48. The highest BCUT2D eigenvalue weighted by atomic mass is 35.5. The van der Waals surface area contributed by atoms with E-state index in [9.17, 15) is 14.4 Å². The van der Waals surface area contributed by atoms with Gasteiger partial charge in [0.05, 0.1) is 13.2 Å². The van der Waals surface area contributed by atoms with Crippen molar-refractivity contribution in [2.75, 3.05) is 12.0 Å². The first-order valence-corrected chi connectivity index (χ1v) is 14.9. The molecule has 214 valence electrons. The van der Waals surface area contributed by atoms with E-state index in [-0.39, 0.29) is 17.3 Å². The molecule has 4 aromatic carbocycles. The van der Waals surface area contributed by atoms with Crippen LogP contribution in [0.25, 0.3) is 6.08 Å². The first kappa shape index (κ1) is 27.4. The summed E-state index contributed by atoms with van der Waals surface area (Å²) in [6.07, 6.45) is 3.83. The molecule has 1 spiro atoms. The van der Waals surface area contributed by atoms with Gasteiger partial charge in [-0.1, -0.05) is 98.3 Å². The maximum absolute atomic E-state index is 14.9. The van der Waals surface area contributed by atoms with Crippen molar-refractivity contribution in [2.45, 2.75) is 37.8 Å². The number of carbonyl (C=O) groups is 3. The van der Waals surface area contributed by atoms with Crippen LogP contribution in [0.2, 0.25) is 5.02 Å². The number of Topliss-reactive ketones (excluding diaryl/α,β-unsaturated/α-hetero) is 3. The second-order valence-corrected chi connectivity index (χ2v) is 12.3. The summed E-state index contributed by atoms with van der Waals surface area (Å²) in [7, 11) is 1.56. The van der Waals surface area contributed by atoms with Gasteiger partial charge in [-0.25, -0.2) is 0 Å². The number of hydrogen-bond donors (Lipinski definition) is 0. The molecule has 6 heteroatoms. The first-order valence-electron chi connectivity index (χ1n) is 14.5. The summed E-state index contributed by atoms with van der Waals surface area (Å²) in [6, 6.07) is 26.1. The molecular weight excluding hydrogens is 558 g/mol. The van der Waals surface area contributed by atoms with Crippen LogP contribution >= 0.6 is 11.6 Å². The topological polar surface area (TPSA) is 63.7 Å². The zero-order valence-corrected chi connectivity index (χ0v) is 24.8. The van der Waals surface area contributed by atoms with E-state index < -0.39 is 23.4 Å². The molecule has 0 amide bonds. The molecule has 0 saturated carbocycles. The molecule has 1 aliphatic carbocycles. The van der Waals surface area contributed by atoms with Crippen LogP contribution in [-0.4, -0.2) is 36.5 Å². The smallest absolute Gasteiger partial charge is 0.186 e. The number of benzene rings is 4. The van der Waals surface area contributed by atoms with E-state index in [1.807, 2.05) is 53.5 Å². The van der Waals surface area contributed by atoms with E-state index in [0.717, 1.165) is 22.4 Å². The van der Waals surface area contributed by atoms with Gasteiger partial charge in [-0.2, -0.15) is 0 Å². The molecule has 5 nitrogen and oxygen atoms in total. The van der Waals surface area contributed by atoms with Crippen LogP contribution in [0, 0.1) is 5.41 Å². The fraction of sp³-hybridized carbons (Fsp3) is 0.216. The van der Waals surface area contributed by atoms with Gasteiger partial charge in [-0.3, -0.25) is 14.4 Å². The van der Waals surface area contributed by atoms with E-state index in [1.54, 1.807) is 61.7 Å². The van der Waals surface area contributed by atoms with E-state index in [1.165, 1.54) is 0 Å². The van der Waals surface area contributed by atoms with Crippen molar-refractivity contribution >= 4 is 40.7 Å². The molecular formula is C37H30ClNO4. The number of anilines is 1. The molecule has 0 N–H and O–H groups in total. The third-order valence-corrected chi connectivity index (χ3v) is 9.59. The number of ketones is 3. The third-order valence-electron chi connectivity index (χ3n) is 9.35. The Balaban J connectivity index is 1.53. The van der Waals surface area contributed by atoms with Crippen LogP contribution in [0.3, 0.4) is 0 Å². The molecule has 0 radical (unpaired) electrons. The van der Waals surface area contributed by atoms with Crippen LogP contribution < -0.4 is 9.64 Å². The van der Waals surface area contributed by atoms with Crippen LogP contribution in [0.5, 0.6) is 5.75 Å². The van der Waals surface area contributed by atoms with Gasteiger partial charge in [0.1, 0.15) is 17.2 Å². The first-order chi connectivity index (χ1) is 20.8. The maximum Gasteiger partial charge on any atom is 0.186 e. The molecule has 3 aliphatic rings. The normalized spacial score (nSPS) is 21.2. The minimum absolute atomic E-state index is 0.188. The highest BCUT2D eigenvalue weighted by Crippen LogP contribution is 2.61. The van der Waals surface area contributed by atoms with Crippen molar-refractivity contribution in [2.24, 2.45) is 5.41 Å². The van der Waals surface area contributed by atoms with Gasteiger partial charge < -0.3 is 9.64 Å². The van der Waals surface area contributed by atoms with Gasteiger partial charge in [0.15, 0.2) is 17.3 Å². The lowest BCUT2D eigenvalue weighted by atomic mass is 9.64. The Morgan fingerprint density at radius 3 is 2.23 bits per heavy atom. The molecule has 0 unspecified atom stereocenters. The fourth-order valence-electron chi connectivity index (χ4n) is 7.36. The molecule has 4 aromatic rings. The van der Waals surface area contributed by atoms with Crippen LogP contribution in [0.1, 0.15) is 73.4 Å². The average molecular weight is 588 g/mol.